The van der Waals surface area contributed by atoms with Crippen LogP contribution in [-0.4, -0.2) is 26.9 Å². The zero-order chi connectivity index (χ0) is 23.3. The third-order valence-corrected chi connectivity index (χ3v) is 6.04. The minimum absolute atomic E-state index is 0.0948. The first-order chi connectivity index (χ1) is 15.4. The molecule has 0 spiro atoms. The van der Waals surface area contributed by atoms with Gasteiger partial charge in [0, 0.05) is 13.0 Å². The molecule has 0 saturated heterocycles. The molecule has 0 aliphatic carbocycles. The Bertz CT molecular complexity index is 1150. The zero-order valence-electron chi connectivity index (χ0n) is 20.0. The molecule has 0 fully saturated rings. The van der Waals surface area contributed by atoms with Crippen molar-refractivity contribution >= 4 is 16.8 Å². The van der Waals surface area contributed by atoms with Gasteiger partial charge in [0.15, 0.2) is 0 Å². The first-order valence-corrected chi connectivity index (χ1v) is 11.8. The van der Waals surface area contributed by atoms with Gasteiger partial charge in [-0.2, -0.15) is 0 Å². The molecule has 0 bridgehead atoms. The second-order valence-corrected chi connectivity index (χ2v) is 8.64. The smallest absolute Gasteiger partial charge is 0.266 e. The third kappa shape index (κ3) is 4.93. The van der Waals surface area contributed by atoms with Gasteiger partial charge in [-0.3, -0.25) is 14.2 Å². The number of fused-ring (bicyclic) bond motifs is 1. The Morgan fingerprint density at radius 3 is 2.53 bits per heavy atom. The average Bonchev–Trinajstić information content (AvgIpc) is 2.78. The van der Waals surface area contributed by atoms with Gasteiger partial charge in [-0.1, -0.05) is 51.0 Å². The van der Waals surface area contributed by atoms with Crippen LogP contribution in [0.5, 0.6) is 0 Å². The second-order valence-electron chi connectivity index (χ2n) is 8.64. The quantitative estimate of drug-likeness (QED) is 0.396. The lowest BCUT2D eigenvalue weighted by Crippen LogP contribution is -2.38. The van der Waals surface area contributed by atoms with Gasteiger partial charge in [0.25, 0.3) is 5.56 Å². The topological polar surface area (TPSA) is 55.2 Å². The van der Waals surface area contributed by atoms with Crippen LogP contribution in [0.1, 0.15) is 75.9 Å². The van der Waals surface area contributed by atoms with E-state index in [0.29, 0.717) is 29.7 Å². The average molecular weight is 434 g/mol. The van der Waals surface area contributed by atoms with Crippen molar-refractivity contribution in [3.05, 3.63) is 69.8 Å². The zero-order valence-corrected chi connectivity index (χ0v) is 20.0. The lowest BCUT2D eigenvalue weighted by molar-refractivity contribution is -0.133. The van der Waals surface area contributed by atoms with Crippen molar-refractivity contribution in [2.75, 3.05) is 6.54 Å². The predicted octanol–water partition coefficient (Wildman–Crippen LogP) is 5.88. The highest BCUT2D eigenvalue weighted by Gasteiger charge is 2.26. The number of hydrogen-bond donors (Lipinski definition) is 0. The van der Waals surface area contributed by atoms with E-state index in [-0.39, 0.29) is 17.5 Å². The normalized spacial score (nSPS) is 12.2. The summed E-state index contributed by atoms with van der Waals surface area (Å²) >= 11 is 0. The molecular formula is C27H35N3O2. The largest absolute Gasteiger partial charge is 0.333 e. The SMILES string of the molecule is CCCCCN(C(=O)CCC)C(C)c1nc2ccccc2c(=O)n1-c1cc(C)ccc1C. The van der Waals surface area contributed by atoms with Crippen molar-refractivity contribution in [3.8, 4) is 5.69 Å². The Labute approximate surface area is 191 Å². The van der Waals surface area contributed by atoms with Crippen LogP contribution >= 0.6 is 0 Å². The van der Waals surface area contributed by atoms with Gasteiger partial charge in [0.05, 0.1) is 22.6 Å². The number of aromatic nitrogens is 2. The number of rotatable bonds is 9. The van der Waals surface area contributed by atoms with Gasteiger partial charge in [0.1, 0.15) is 5.82 Å². The maximum absolute atomic E-state index is 13.7. The molecule has 1 heterocycles. The van der Waals surface area contributed by atoms with Crippen LogP contribution in [0.25, 0.3) is 16.6 Å². The molecule has 32 heavy (non-hydrogen) atoms. The number of amides is 1. The summed E-state index contributed by atoms with van der Waals surface area (Å²) in [7, 11) is 0. The van der Waals surface area contributed by atoms with Crippen LogP contribution in [-0.2, 0) is 4.79 Å². The number of unbranched alkanes of at least 4 members (excludes halogenated alkanes) is 2. The van der Waals surface area contributed by atoms with Gasteiger partial charge >= 0.3 is 0 Å². The molecule has 2 aromatic carbocycles. The highest BCUT2D eigenvalue weighted by atomic mass is 16.2. The van der Waals surface area contributed by atoms with E-state index in [0.717, 1.165) is 42.5 Å². The Hall–Kier alpha value is -2.95. The van der Waals surface area contributed by atoms with Gasteiger partial charge in [-0.05, 0) is 62.9 Å². The summed E-state index contributed by atoms with van der Waals surface area (Å²) in [6.07, 6.45) is 4.39. The monoisotopic (exact) mass is 433 g/mol. The van der Waals surface area contributed by atoms with E-state index in [1.54, 1.807) is 4.57 Å². The summed E-state index contributed by atoms with van der Waals surface area (Å²) in [6.45, 7) is 10.9. The molecule has 3 rings (SSSR count). The van der Waals surface area contributed by atoms with E-state index in [1.165, 1.54) is 0 Å². The number of hydrogen-bond acceptors (Lipinski definition) is 3. The Morgan fingerprint density at radius 2 is 1.81 bits per heavy atom. The van der Waals surface area contributed by atoms with Crippen LogP contribution in [0.15, 0.2) is 47.3 Å². The number of nitrogens with zero attached hydrogens (tertiary/aromatic N) is 3. The van der Waals surface area contributed by atoms with Crippen molar-refractivity contribution in [3.63, 3.8) is 0 Å². The Morgan fingerprint density at radius 1 is 1.06 bits per heavy atom. The van der Waals surface area contributed by atoms with E-state index in [4.69, 9.17) is 4.98 Å². The fraction of sp³-hybridized carbons (Fsp3) is 0.444. The summed E-state index contributed by atoms with van der Waals surface area (Å²) in [5.41, 5.74) is 3.47. The Balaban J connectivity index is 2.23. The van der Waals surface area contributed by atoms with E-state index in [1.807, 2.05) is 75.1 Å². The van der Waals surface area contributed by atoms with E-state index in [9.17, 15) is 9.59 Å². The fourth-order valence-corrected chi connectivity index (χ4v) is 4.19. The number of para-hydroxylation sites is 1. The molecule has 5 nitrogen and oxygen atoms in total. The molecule has 0 aliphatic heterocycles. The third-order valence-electron chi connectivity index (χ3n) is 6.04. The molecule has 0 radical (unpaired) electrons. The molecule has 1 unspecified atom stereocenters. The van der Waals surface area contributed by atoms with Crippen LogP contribution in [0.2, 0.25) is 0 Å². The standard InChI is InChI=1S/C27H35N3O2/c1-6-8-11-17-29(25(31)12-7-2)21(5)26-28-23-14-10-9-13-22(23)27(32)30(26)24-18-19(3)15-16-20(24)4/h9-10,13-16,18,21H,6-8,11-12,17H2,1-5H3. The summed E-state index contributed by atoms with van der Waals surface area (Å²) < 4.78 is 1.72. The summed E-state index contributed by atoms with van der Waals surface area (Å²) in [6, 6.07) is 13.2. The predicted molar refractivity (Wildman–Crippen MR) is 131 cm³/mol. The minimum Gasteiger partial charge on any atom is -0.333 e. The number of aryl methyl sites for hydroxylation is 2. The van der Waals surface area contributed by atoms with E-state index in [2.05, 4.69) is 6.92 Å². The van der Waals surface area contributed by atoms with Crippen LogP contribution in [0.3, 0.4) is 0 Å². The molecule has 1 aromatic heterocycles. The van der Waals surface area contributed by atoms with Crippen molar-refractivity contribution in [1.29, 1.82) is 0 Å². The lowest BCUT2D eigenvalue weighted by Gasteiger charge is -2.31. The van der Waals surface area contributed by atoms with Crippen molar-refractivity contribution in [1.82, 2.24) is 14.5 Å². The number of carbonyl (C=O) groups excluding carboxylic acids is 1. The van der Waals surface area contributed by atoms with Crippen molar-refractivity contribution in [2.45, 2.75) is 72.8 Å². The van der Waals surface area contributed by atoms with Crippen LogP contribution in [0.4, 0.5) is 0 Å². The summed E-state index contributed by atoms with van der Waals surface area (Å²) in [5.74, 6) is 0.731. The van der Waals surface area contributed by atoms with E-state index >= 15 is 0 Å². The van der Waals surface area contributed by atoms with Crippen molar-refractivity contribution in [2.24, 2.45) is 0 Å². The molecular weight excluding hydrogens is 398 g/mol. The molecule has 0 aliphatic rings. The molecule has 1 amide bonds. The molecule has 170 valence electrons. The highest BCUT2D eigenvalue weighted by molar-refractivity contribution is 5.79. The van der Waals surface area contributed by atoms with Crippen LogP contribution < -0.4 is 5.56 Å². The fourth-order valence-electron chi connectivity index (χ4n) is 4.19. The molecule has 5 heteroatoms. The number of benzene rings is 2. The maximum atomic E-state index is 13.7. The van der Waals surface area contributed by atoms with Gasteiger partial charge in [0.2, 0.25) is 5.91 Å². The molecule has 0 saturated carbocycles. The van der Waals surface area contributed by atoms with Crippen molar-refractivity contribution < 1.29 is 4.79 Å². The summed E-state index contributed by atoms with van der Waals surface area (Å²) in [5, 5.41) is 0.585. The van der Waals surface area contributed by atoms with Gasteiger partial charge in [-0.15, -0.1) is 0 Å². The lowest BCUT2D eigenvalue weighted by atomic mass is 10.1. The second kappa shape index (κ2) is 10.6. The van der Waals surface area contributed by atoms with Crippen LogP contribution in [0, 0.1) is 13.8 Å². The molecule has 0 N–H and O–H groups in total. The molecule has 3 aromatic rings. The van der Waals surface area contributed by atoms with Gasteiger partial charge in [-0.25, -0.2) is 4.98 Å². The van der Waals surface area contributed by atoms with E-state index < -0.39 is 0 Å². The first kappa shape index (κ1) is 23.7. The minimum atomic E-state index is -0.317. The summed E-state index contributed by atoms with van der Waals surface area (Å²) in [4.78, 5) is 33.7. The number of carbonyl (C=O) groups is 1. The first-order valence-electron chi connectivity index (χ1n) is 11.8. The van der Waals surface area contributed by atoms with Gasteiger partial charge < -0.3 is 4.90 Å². The maximum Gasteiger partial charge on any atom is 0.266 e. The highest BCUT2D eigenvalue weighted by Crippen LogP contribution is 2.26. The Kier molecular flexibility index (Phi) is 7.84. The molecule has 1 atom stereocenters.